The van der Waals surface area contributed by atoms with E-state index >= 15 is 0 Å². The van der Waals surface area contributed by atoms with Gasteiger partial charge in [-0.3, -0.25) is 9.48 Å². The molecule has 0 N–H and O–H groups in total. The summed E-state index contributed by atoms with van der Waals surface area (Å²) < 4.78 is 25.4. The highest BCUT2D eigenvalue weighted by Gasteiger charge is 2.14. The first-order chi connectivity index (χ1) is 9.45. The van der Waals surface area contributed by atoms with Crippen molar-refractivity contribution in [2.45, 2.75) is 13.5 Å². The second kappa shape index (κ2) is 6.19. The molecule has 0 amide bonds. The lowest BCUT2D eigenvalue weighted by Crippen LogP contribution is -2.14. The van der Waals surface area contributed by atoms with Gasteiger partial charge in [-0.2, -0.15) is 5.10 Å². The maximum Gasteiger partial charge on any atom is 0.153 e. The molecule has 8 heteroatoms. The van der Waals surface area contributed by atoms with Crippen LogP contribution >= 0.6 is 27.3 Å². The number of rotatable bonds is 6. The lowest BCUT2D eigenvalue weighted by Gasteiger charge is -2.01. The monoisotopic (exact) mass is 376 g/mol. The maximum absolute atomic E-state index is 11.5. The van der Waals surface area contributed by atoms with Crippen LogP contribution in [0.4, 0.5) is 0 Å². The van der Waals surface area contributed by atoms with Crippen molar-refractivity contribution >= 4 is 43.4 Å². The lowest BCUT2D eigenvalue weighted by atomic mass is 10.2. The molecule has 2 heterocycles. The van der Waals surface area contributed by atoms with E-state index in [4.69, 9.17) is 0 Å². The zero-order valence-corrected chi connectivity index (χ0v) is 14.0. The van der Waals surface area contributed by atoms with Crippen LogP contribution in [0, 0.1) is 0 Å². The summed E-state index contributed by atoms with van der Waals surface area (Å²) in [6.07, 6.45) is 2.32. The van der Waals surface area contributed by atoms with E-state index in [-0.39, 0.29) is 18.1 Å². The zero-order valence-electron chi connectivity index (χ0n) is 10.7. The van der Waals surface area contributed by atoms with Crippen molar-refractivity contribution in [1.82, 2.24) is 9.78 Å². The van der Waals surface area contributed by atoms with Crippen LogP contribution in [-0.4, -0.2) is 36.0 Å². The number of hydrogen-bond donors (Lipinski definition) is 0. The van der Waals surface area contributed by atoms with Gasteiger partial charge in [-0.15, -0.1) is 11.3 Å². The first-order valence-electron chi connectivity index (χ1n) is 5.92. The number of hydrogen-bond acceptors (Lipinski definition) is 5. The Morgan fingerprint density at radius 3 is 2.80 bits per heavy atom. The Hall–Kier alpha value is -0.990. The average molecular weight is 377 g/mol. The van der Waals surface area contributed by atoms with E-state index < -0.39 is 9.84 Å². The van der Waals surface area contributed by atoms with Gasteiger partial charge in [-0.1, -0.05) is 6.92 Å². The van der Waals surface area contributed by atoms with Crippen molar-refractivity contribution in [3.63, 3.8) is 0 Å². The summed E-state index contributed by atoms with van der Waals surface area (Å²) in [4.78, 5) is 12.0. The summed E-state index contributed by atoms with van der Waals surface area (Å²) in [5.74, 6) is 0.136. The first kappa shape index (κ1) is 15.4. The summed E-state index contributed by atoms with van der Waals surface area (Å²) in [5, 5.41) is 6.22. The average Bonchev–Trinajstić information content (AvgIpc) is 3.02. The summed E-state index contributed by atoms with van der Waals surface area (Å²) in [6.45, 7) is 1.87. The molecule has 0 fully saturated rings. The minimum atomic E-state index is -3.04. The molecular weight excluding hydrogens is 364 g/mol. The molecular formula is C12H13BrN2O3S2. The summed E-state index contributed by atoms with van der Waals surface area (Å²) in [5.41, 5.74) is 1.05. The molecule has 20 heavy (non-hydrogen) atoms. The van der Waals surface area contributed by atoms with Gasteiger partial charge in [0.25, 0.3) is 0 Å². The molecule has 5 nitrogen and oxygen atoms in total. The second-order valence-corrected chi connectivity index (χ2v) is 8.48. The van der Waals surface area contributed by atoms with Crippen molar-refractivity contribution in [1.29, 1.82) is 0 Å². The zero-order chi connectivity index (χ0) is 14.8. The van der Waals surface area contributed by atoms with Crippen molar-refractivity contribution in [3.8, 4) is 10.6 Å². The molecule has 2 rings (SSSR count). The van der Waals surface area contributed by atoms with Crippen molar-refractivity contribution < 1.29 is 13.2 Å². The van der Waals surface area contributed by atoms with Crippen LogP contribution in [-0.2, 0) is 16.4 Å². The van der Waals surface area contributed by atoms with Gasteiger partial charge in [-0.05, 0) is 22.0 Å². The summed E-state index contributed by atoms with van der Waals surface area (Å²) in [6, 6.07) is 1.88. The van der Waals surface area contributed by atoms with Crippen LogP contribution in [0.3, 0.4) is 0 Å². The lowest BCUT2D eigenvalue weighted by molar-refractivity contribution is 0.112. The summed E-state index contributed by atoms with van der Waals surface area (Å²) in [7, 11) is -3.04. The molecule has 108 valence electrons. The van der Waals surface area contributed by atoms with Crippen molar-refractivity contribution in [3.05, 3.63) is 27.7 Å². The SMILES string of the molecule is CCS(=O)(=O)CCn1cc(C=O)c(-c2cc(Br)cs2)n1. The Kier molecular flexibility index (Phi) is 4.77. The molecule has 0 saturated carbocycles. The van der Waals surface area contributed by atoms with Gasteiger partial charge in [0.1, 0.15) is 5.69 Å². The smallest absolute Gasteiger partial charge is 0.153 e. The van der Waals surface area contributed by atoms with E-state index in [9.17, 15) is 13.2 Å². The molecule has 0 aliphatic carbocycles. The molecule has 0 spiro atoms. The number of carbonyl (C=O) groups is 1. The van der Waals surface area contributed by atoms with Gasteiger partial charge in [0.05, 0.1) is 22.7 Å². The topological polar surface area (TPSA) is 69.0 Å². The van der Waals surface area contributed by atoms with Gasteiger partial charge in [0.2, 0.25) is 0 Å². The number of aldehydes is 1. The number of thiophene rings is 1. The third-order valence-corrected chi connectivity index (χ3v) is 6.17. The second-order valence-electron chi connectivity index (χ2n) is 4.18. The van der Waals surface area contributed by atoms with E-state index in [2.05, 4.69) is 21.0 Å². The van der Waals surface area contributed by atoms with Crippen molar-refractivity contribution in [2.75, 3.05) is 11.5 Å². The standard InChI is InChI=1S/C12H13BrN2O3S2/c1-2-20(17,18)4-3-15-6-9(7-16)12(14-15)11-5-10(13)8-19-11/h5-8H,2-4H2,1H3. The first-order valence-corrected chi connectivity index (χ1v) is 9.42. The van der Waals surface area contributed by atoms with E-state index in [0.29, 0.717) is 11.3 Å². The Bertz CT molecular complexity index is 719. The number of aryl methyl sites for hydroxylation is 1. The number of aromatic nitrogens is 2. The largest absolute Gasteiger partial charge is 0.298 e. The number of sulfone groups is 1. The maximum atomic E-state index is 11.5. The predicted octanol–water partition coefficient (Wildman–Crippen LogP) is 2.62. The van der Waals surface area contributed by atoms with Crippen LogP contribution in [0.25, 0.3) is 10.6 Å². The highest BCUT2D eigenvalue weighted by molar-refractivity contribution is 9.10. The summed E-state index contributed by atoms with van der Waals surface area (Å²) >= 11 is 4.83. The predicted molar refractivity (Wildman–Crippen MR) is 83.0 cm³/mol. The molecule has 0 unspecified atom stereocenters. The van der Waals surface area contributed by atoms with Crippen LogP contribution in [0.1, 0.15) is 17.3 Å². The van der Waals surface area contributed by atoms with Crippen LogP contribution < -0.4 is 0 Å². The van der Waals surface area contributed by atoms with E-state index in [1.165, 1.54) is 16.0 Å². The number of nitrogens with zero attached hydrogens (tertiary/aromatic N) is 2. The minimum absolute atomic E-state index is 0.0249. The fraction of sp³-hybridized carbons (Fsp3) is 0.333. The van der Waals surface area contributed by atoms with E-state index in [1.807, 2.05) is 11.4 Å². The molecule has 2 aromatic heterocycles. The van der Waals surface area contributed by atoms with Gasteiger partial charge in [-0.25, -0.2) is 8.42 Å². The molecule has 0 radical (unpaired) electrons. The third kappa shape index (κ3) is 3.56. The van der Waals surface area contributed by atoms with Gasteiger partial charge in [0.15, 0.2) is 16.1 Å². The highest BCUT2D eigenvalue weighted by atomic mass is 79.9. The molecule has 0 atom stereocenters. The highest BCUT2D eigenvalue weighted by Crippen LogP contribution is 2.30. The Morgan fingerprint density at radius 1 is 1.50 bits per heavy atom. The molecule has 0 aliphatic heterocycles. The van der Waals surface area contributed by atoms with Gasteiger partial charge < -0.3 is 0 Å². The van der Waals surface area contributed by atoms with Crippen LogP contribution in [0.2, 0.25) is 0 Å². The molecule has 0 bridgehead atoms. The fourth-order valence-corrected chi connectivity index (χ4v) is 3.83. The van der Waals surface area contributed by atoms with Gasteiger partial charge in [0, 0.05) is 21.8 Å². The normalized spacial score (nSPS) is 11.7. The molecule has 0 aromatic carbocycles. The molecule has 0 aliphatic rings. The third-order valence-electron chi connectivity index (χ3n) is 2.79. The quantitative estimate of drug-likeness (QED) is 0.726. The van der Waals surface area contributed by atoms with Crippen molar-refractivity contribution in [2.24, 2.45) is 0 Å². The minimum Gasteiger partial charge on any atom is -0.298 e. The van der Waals surface area contributed by atoms with E-state index in [0.717, 1.165) is 15.6 Å². The Labute approximate surface area is 129 Å². The van der Waals surface area contributed by atoms with Gasteiger partial charge >= 0.3 is 0 Å². The Morgan fingerprint density at radius 2 is 2.25 bits per heavy atom. The Balaban J connectivity index is 2.25. The number of carbonyl (C=O) groups excluding carboxylic acids is 1. The molecule has 0 saturated heterocycles. The fourth-order valence-electron chi connectivity index (χ4n) is 1.64. The number of halogens is 1. The van der Waals surface area contributed by atoms with E-state index in [1.54, 1.807) is 13.1 Å². The molecule has 2 aromatic rings. The van der Waals surface area contributed by atoms with Crippen LogP contribution in [0.15, 0.2) is 22.1 Å². The van der Waals surface area contributed by atoms with Crippen LogP contribution in [0.5, 0.6) is 0 Å².